The Morgan fingerprint density at radius 3 is 2.63 bits per heavy atom. The summed E-state index contributed by atoms with van der Waals surface area (Å²) in [7, 11) is 1.84. The topological polar surface area (TPSA) is 36.4 Å². The molecule has 0 saturated heterocycles. The molecular formula is C14H28IN3S. The molecule has 0 spiro atoms. The molecule has 0 aromatic carbocycles. The first kappa shape index (κ1) is 19.1. The number of guanidine groups is 1. The van der Waals surface area contributed by atoms with Gasteiger partial charge in [-0.15, -0.1) is 24.0 Å². The predicted octanol–water partition coefficient (Wildman–Crippen LogP) is 3.27. The van der Waals surface area contributed by atoms with Crippen LogP contribution in [0.4, 0.5) is 0 Å². The van der Waals surface area contributed by atoms with E-state index < -0.39 is 0 Å². The second kappa shape index (κ2) is 9.91. The van der Waals surface area contributed by atoms with Gasteiger partial charge < -0.3 is 10.6 Å². The van der Waals surface area contributed by atoms with Gasteiger partial charge in [0.05, 0.1) is 0 Å². The minimum atomic E-state index is 0. The Bertz CT molecular complexity index is 303. The van der Waals surface area contributed by atoms with Crippen LogP contribution in [0.15, 0.2) is 17.1 Å². The zero-order chi connectivity index (χ0) is 13.4. The van der Waals surface area contributed by atoms with E-state index in [1.165, 1.54) is 19.3 Å². The quantitative estimate of drug-likeness (QED) is 0.324. The van der Waals surface area contributed by atoms with Crippen molar-refractivity contribution in [2.24, 2.45) is 10.9 Å². The molecule has 0 heterocycles. The molecule has 1 aliphatic carbocycles. The standard InChI is InChI=1S/C14H27N3S.HI/c1-14(2,18-4)11-17-13(15-3)16-10-12-8-6-5-7-9-12;/h5-6,12H,7-11H2,1-4H3,(H2,15,16,17);1H. The summed E-state index contributed by atoms with van der Waals surface area (Å²) in [6.07, 6.45) is 10.4. The van der Waals surface area contributed by atoms with E-state index in [2.05, 4.69) is 47.9 Å². The second-order valence-corrected chi connectivity index (χ2v) is 6.93. The number of nitrogens with zero attached hydrogens (tertiary/aromatic N) is 1. The Balaban J connectivity index is 0.00000324. The predicted molar refractivity (Wildman–Crippen MR) is 98.9 cm³/mol. The van der Waals surface area contributed by atoms with Gasteiger partial charge in [0.2, 0.25) is 0 Å². The molecule has 0 aromatic rings. The zero-order valence-corrected chi connectivity index (χ0v) is 15.7. The SMILES string of the molecule is CN=C(NCC1CC=CCC1)NCC(C)(C)SC.I. The van der Waals surface area contributed by atoms with Crippen molar-refractivity contribution in [2.75, 3.05) is 26.4 Å². The first-order valence-electron chi connectivity index (χ1n) is 6.72. The van der Waals surface area contributed by atoms with E-state index >= 15 is 0 Å². The highest BCUT2D eigenvalue weighted by atomic mass is 127. The number of rotatable bonds is 5. The van der Waals surface area contributed by atoms with E-state index in [1.807, 2.05) is 18.8 Å². The molecule has 0 radical (unpaired) electrons. The summed E-state index contributed by atoms with van der Waals surface area (Å²) in [6, 6.07) is 0. The summed E-state index contributed by atoms with van der Waals surface area (Å²) < 4.78 is 0.241. The van der Waals surface area contributed by atoms with Crippen molar-refractivity contribution >= 4 is 41.7 Å². The van der Waals surface area contributed by atoms with Crippen LogP contribution in [0.2, 0.25) is 0 Å². The smallest absolute Gasteiger partial charge is 0.191 e. The molecule has 5 heteroatoms. The van der Waals surface area contributed by atoms with Crippen molar-refractivity contribution < 1.29 is 0 Å². The van der Waals surface area contributed by atoms with Gasteiger partial charge in [0, 0.05) is 24.9 Å². The number of aliphatic imine (C=N–C) groups is 1. The Kier molecular flexibility index (Phi) is 9.96. The molecule has 1 atom stereocenters. The summed E-state index contributed by atoms with van der Waals surface area (Å²) in [5, 5.41) is 6.83. The van der Waals surface area contributed by atoms with Gasteiger partial charge >= 0.3 is 0 Å². The van der Waals surface area contributed by atoms with E-state index in [0.717, 1.165) is 25.0 Å². The Hall–Kier alpha value is 0.0900. The van der Waals surface area contributed by atoms with Crippen LogP contribution in [0.25, 0.3) is 0 Å². The van der Waals surface area contributed by atoms with Crippen LogP contribution in [0.5, 0.6) is 0 Å². The van der Waals surface area contributed by atoms with Crippen molar-refractivity contribution in [1.82, 2.24) is 10.6 Å². The normalized spacial score (nSPS) is 19.8. The van der Waals surface area contributed by atoms with Crippen LogP contribution >= 0.6 is 35.7 Å². The van der Waals surface area contributed by atoms with Gasteiger partial charge in [-0.1, -0.05) is 12.2 Å². The molecule has 0 saturated carbocycles. The molecule has 0 aliphatic heterocycles. The Morgan fingerprint density at radius 2 is 2.11 bits per heavy atom. The van der Waals surface area contributed by atoms with Gasteiger partial charge in [-0.25, -0.2) is 0 Å². The van der Waals surface area contributed by atoms with Gasteiger partial charge in [0.1, 0.15) is 0 Å². The molecule has 1 unspecified atom stereocenters. The van der Waals surface area contributed by atoms with Crippen LogP contribution in [0.3, 0.4) is 0 Å². The fourth-order valence-corrected chi connectivity index (χ4v) is 2.09. The van der Waals surface area contributed by atoms with Crippen molar-refractivity contribution in [2.45, 2.75) is 37.9 Å². The van der Waals surface area contributed by atoms with Crippen LogP contribution in [-0.4, -0.2) is 37.1 Å². The van der Waals surface area contributed by atoms with Gasteiger partial charge in [-0.3, -0.25) is 4.99 Å². The van der Waals surface area contributed by atoms with E-state index in [-0.39, 0.29) is 28.7 Å². The summed E-state index contributed by atoms with van der Waals surface area (Å²) in [5.41, 5.74) is 0. The molecule has 1 rings (SSSR count). The van der Waals surface area contributed by atoms with E-state index in [1.54, 1.807) is 0 Å². The molecule has 112 valence electrons. The third kappa shape index (κ3) is 8.07. The van der Waals surface area contributed by atoms with Gasteiger partial charge in [-0.05, 0) is 45.3 Å². The number of thioether (sulfide) groups is 1. The molecule has 0 amide bonds. The molecule has 2 N–H and O–H groups in total. The van der Waals surface area contributed by atoms with E-state index in [9.17, 15) is 0 Å². The lowest BCUT2D eigenvalue weighted by atomic mass is 9.94. The monoisotopic (exact) mass is 397 g/mol. The van der Waals surface area contributed by atoms with Crippen LogP contribution in [0, 0.1) is 5.92 Å². The lowest BCUT2D eigenvalue weighted by Crippen LogP contribution is -2.44. The van der Waals surface area contributed by atoms with Crippen LogP contribution in [-0.2, 0) is 0 Å². The summed E-state index contributed by atoms with van der Waals surface area (Å²) in [4.78, 5) is 4.28. The van der Waals surface area contributed by atoms with Crippen molar-refractivity contribution in [3.63, 3.8) is 0 Å². The highest BCUT2D eigenvalue weighted by Gasteiger charge is 2.16. The van der Waals surface area contributed by atoms with Gasteiger partial charge in [0.25, 0.3) is 0 Å². The minimum Gasteiger partial charge on any atom is -0.356 e. The fraction of sp³-hybridized carbons (Fsp3) is 0.786. The molecule has 1 aliphatic rings. The molecule has 19 heavy (non-hydrogen) atoms. The molecule has 3 nitrogen and oxygen atoms in total. The average Bonchev–Trinajstić information content (AvgIpc) is 2.40. The number of hydrogen-bond donors (Lipinski definition) is 2. The van der Waals surface area contributed by atoms with Crippen LogP contribution in [0.1, 0.15) is 33.1 Å². The molecular weight excluding hydrogens is 369 g/mol. The summed E-state index contributed by atoms with van der Waals surface area (Å²) >= 11 is 1.87. The average molecular weight is 397 g/mol. The third-order valence-electron chi connectivity index (χ3n) is 3.39. The van der Waals surface area contributed by atoms with Crippen molar-refractivity contribution in [3.8, 4) is 0 Å². The maximum Gasteiger partial charge on any atom is 0.191 e. The second-order valence-electron chi connectivity index (χ2n) is 5.42. The lowest BCUT2D eigenvalue weighted by Gasteiger charge is -2.25. The van der Waals surface area contributed by atoms with E-state index in [0.29, 0.717) is 0 Å². The zero-order valence-electron chi connectivity index (χ0n) is 12.5. The Morgan fingerprint density at radius 1 is 1.37 bits per heavy atom. The number of halogens is 1. The lowest BCUT2D eigenvalue weighted by molar-refractivity contribution is 0.469. The summed E-state index contributed by atoms with van der Waals surface area (Å²) in [6.45, 7) is 6.43. The number of hydrogen-bond acceptors (Lipinski definition) is 2. The van der Waals surface area contributed by atoms with Crippen molar-refractivity contribution in [1.29, 1.82) is 0 Å². The number of nitrogens with one attached hydrogen (secondary N) is 2. The fourth-order valence-electron chi connectivity index (χ4n) is 1.87. The third-order valence-corrected chi connectivity index (χ3v) is 4.64. The minimum absolute atomic E-state index is 0. The van der Waals surface area contributed by atoms with E-state index in [4.69, 9.17) is 0 Å². The highest BCUT2D eigenvalue weighted by Crippen LogP contribution is 2.19. The summed E-state index contributed by atoms with van der Waals surface area (Å²) in [5.74, 6) is 1.67. The first-order valence-corrected chi connectivity index (χ1v) is 7.94. The molecule has 0 bridgehead atoms. The van der Waals surface area contributed by atoms with Gasteiger partial charge in [0.15, 0.2) is 5.96 Å². The Labute approximate surface area is 139 Å². The first-order chi connectivity index (χ1) is 8.57. The maximum atomic E-state index is 4.28. The molecule has 0 aromatic heterocycles. The number of allylic oxidation sites excluding steroid dienone is 2. The van der Waals surface area contributed by atoms with Crippen LogP contribution < -0.4 is 10.6 Å². The molecule has 0 fully saturated rings. The highest BCUT2D eigenvalue weighted by molar-refractivity contribution is 14.0. The van der Waals surface area contributed by atoms with Gasteiger partial charge in [-0.2, -0.15) is 11.8 Å². The van der Waals surface area contributed by atoms with Crippen molar-refractivity contribution in [3.05, 3.63) is 12.2 Å². The maximum absolute atomic E-state index is 4.28. The largest absolute Gasteiger partial charge is 0.356 e.